The predicted octanol–water partition coefficient (Wildman–Crippen LogP) is 2.91. The average molecular weight is 272 g/mol. The standard InChI is InChI=1S/C14H12N2O4/c1-10(12-3-2-8-15-9-12)20-14(17)11-4-6-13(7-5-11)16(18)19/h2-10H,1H3/t10-/m0/s1. The predicted molar refractivity (Wildman–Crippen MR) is 71.2 cm³/mol. The molecular formula is C14H12N2O4. The van der Waals surface area contributed by atoms with Crippen molar-refractivity contribution >= 4 is 11.7 Å². The highest BCUT2D eigenvalue weighted by Gasteiger charge is 2.15. The molecule has 20 heavy (non-hydrogen) atoms. The number of ether oxygens (including phenoxy) is 1. The number of esters is 1. The quantitative estimate of drug-likeness (QED) is 0.485. The molecule has 2 rings (SSSR count). The molecule has 0 saturated carbocycles. The number of pyridine rings is 1. The van der Waals surface area contributed by atoms with Crippen molar-refractivity contribution in [2.24, 2.45) is 0 Å². The molecule has 102 valence electrons. The summed E-state index contributed by atoms with van der Waals surface area (Å²) in [7, 11) is 0. The van der Waals surface area contributed by atoms with Crippen LogP contribution in [0.3, 0.4) is 0 Å². The van der Waals surface area contributed by atoms with Crippen LogP contribution in [0.2, 0.25) is 0 Å². The zero-order chi connectivity index (χ0) is 14.5. The zero-order valence-corrected chi connectivity index (χ0v) is 10.7. The van der Waals surface area contributed by atoms with Crippen molar-refractivity contribution in [3.63, 3.8) is 0 Å². The van der Waals surface area contributed by atoms with Crippen LogP contribution in [0.5, 0.6) is 0 Å². The van der Waals surface area contributed by atoms with E-state index in [1.54, 1.807) is 31.5 Å². The summed E-state index contributed by atoms with van der Waals surface area (Å²) >= 11 is 0. The van der Waals surface area contributed by atoms with E-state index in [2.05, 4.69) is 4.98 Å². The SMILES string of the molecule is C[C@H](OC(=O)c1ccc([N+](=O)[O-])cc1)c1cccnc1. The Morgan fingerprint density at radius 2 is 2.00 bits per heavy atom. The van der Waals surface area contributed by atoms with Gasteiger partial charge in [0.15, 0.2) is 0 Å². The molecule has 6 nitrogen and oxygen atoms in total. The van der Waals surface area contributed by atoms with Gasteiger partial charge in [0.25, 0.3) is 5.69 Å². The average Bonchev–Trinajstić information content (AvgIpc) is 2.48. The molecule has 1 aromatic heterocycles. The summed E-state index contributed by atoms with van der Waals surface area (Å²) in [5, 5.41) is 10.5. The minimum absolute atomic E-state index is 0.0677. The maximum atomic E-state index is 11.9. The van der Waals surface area contributed by atoms with Crippen LogP contribution >= 0.6 is 0 Å². The monoisotopic (exact) mass is 272 g/mol. The molecule has 0 aliphatic rings. The Labute approximate surface area is 115 Å². The van der Waals surface area contributed by atoms with Gasteiger partial charge < -0.3 is 4.74 Å². The summed E-state index contributed by atoms with van der Waals surface area (Å²) in [5.41, 5.74) is 0.982. The van der Waals surface area contributed by atoms with Gasteiger partial charge in [0, 0.05) is 30.1 Å². The van der Waals surface area contributed by atoms with Crippen LogP contribution in [0.1, 0.15) is 28.9 Å². The Balaban J connectivity index is 2.06. The van der Waals surface area contributed by atoms with E-state index in [4.69, 9.17) is 4.74 Å². The number of aromatic nitrogens is 1. The molecule has 0 radical (unpaired) electrons. The number of nitro benzene ring substituents is 1. The van der Waals surface area contributed by atoms with Crippen LogP contribution in [-0.2, 0) is 4.74 Å². The second-order valence-electron chi connectivity index (χ2n) is 4.14. The van der Waals surface area contributed by atoms with Crippen LogP contribution in [-0.4, -0.2) is 15.9 Å². The van der Waals surface area contributed by atoms with E-state index in [1.807, 2.05) is 0 Å². The first-order valence-corrected chi connectivity index (χ1v) is 5.93. The first kappa shape index (κ1) is 13.7. The minimum atomic E-state index is -0.531. The molecule has 0 N–H and O–H groups in total. The summed E-state index contributed by atoms with van der Waals surface area (Å²) in [6.07, 6.45) is 2.81. The largest absolute Gasteiger partial charge is 0.454 e. The van der Waals surface area contributed by atoms with Crippen molar-refractivity contribution in [1.29, 1.82) is 0 Å². The lowest BCUT2D eigenvalue weighted by molar-refractivity contribution is -0.384. The fraction of sp³-hybridized carbons (Fsp3) is 0.143. The number of nitro groups is 1. The summed E-state index contributed by atoms with van der Waals surface area (Å²) in [6, 6.07) is 8.84. The van der Waals surface area contributed by atoms with Gasteiger partial charge in [-0.05, 0) is 25.1 Å². The van der Waals surface area contributed by atoms with Crippen molar-refractivity contribution in [1.82, 2.24) is 4.98 Å². The number of carbonyl (C=O) groups is 1. The normalized spacial score (nSPS) is 11.7. The third kappa shape index (κ3) is 3.17. The van der Waals surface area contributed by atoms with Gasteiger partial charge in [-0.1, -0.05) is 6.07 Å². The Kier molecular flexibility index (Phi) is 4.05. The molecule has 0 aliphatic heterocycles. The minimum Gasteiger partial charge on any atom is -0.454 e. The van der Waals surface area contributed by atoms with E-state index in [-0.39, 0.29) is 11.3 Å². The maximum absolute atomic E-state index is 11.9. The van der Waals surface area contributed by atoms with Gasteiger partial charge in [0.2, 0.25) is 0 Å². The van der Waals surface area contributed by atoms with E-state index < -0.39 is 17.0 Å². The molecule has 1 atom stereocenters. The Bertz CT molecular complexity index is 611. The van der Waals surface area contributed by atoms with Gasteiger partial charge in [-0.3, -0.25) is 15.1 Å². The second-order valence-corrected chi connectivity index (χ2v) is 4.14. The summed E-state index contributed by atoms with van der Waals surface area (Å²) in [5.74, 6) is -0.531. The van der Waals surface area contributed by atoms with E-state index in [0.717, 1.165) is 5.56 Å². The fourth-order valence-corrected chi connectivity index (χ4v) is 1.63. The Morgan fingerprint density at radius 3 is 2.55 bits per heavy atom. The highest BCUT2D eigenvalue weighted by molar-refractivity contribution is 5.89. The van der Waals surface area contributed by atoms with E-state index in [0.29, 0.717) is 0 Å². The molecule has 6 heteroatoms. The molecule has 0 unspecified atom stereocenters. The second kappa shape index (κ2) is 5.92. The summed E-state index contributed by atoms with van der Waals surface area (Å²) in [4.78, 5) is 25.9. The maximum Gasteiger partial charge on any atom is 0.338 e. The molecule has 2 aromatic rings. The number of carbonyl (C=O) groups excluding carboxylic acids is 1. The van der Waals surface area contributed by atoms with Crippen LogP contribution < -0.4 is 0 Å². The van der Waals surface area contributed by atoms with Gasteiger partial charge in [0.05, 0.1) is 10.5 Å². The van der Waals surface area contributed by atoms with Crippen molar-refractivity contribution in [3.8, 4) is 0 Å². The summed E-state index contributed by atoms with van der Waals surface area (Å²) < 4.78 is 5.27. The highest BCUT2D eigenvalue weighted by Crippen LogP contribution is 2.18. The first-order valence-electron chi connectivity index (χ1n) is 5.93. The number of hydrogen-bond acceptors (Lipinski definition) is 5. The number of nitrogens with zero attached hydrogens (tertiary/aromatic N) is 2. The molecule has 0 saturated heterocycles. The van der Waals surface area contributed by atoms with Crippen LogP contribution in [0, 0.1) is 10.1 Å². The van der Waals surface area contributed by atoms with Gasteiger partial charge in [-0.2, -0.15) is 0 Å². The van der Waals surface area contributed by atoms with Crippen molar-refractivity contribution in [2.45, 2.75) is 13.0 Å². The number of rotatable bonds is 4. The van der Waals surface area contributed by atoms with Gasteiger partial charge in [0.1, 0.15) is 6.10 Å². The molecule has 0 aliphatic carbocycles. The molecular weight excluding hydrogens is 260 g/mol. The van der Waals surface area contributed by atoms with Crippen LogP contribution in [0.25, 0.3) is 0 Å². The number of non-ortho nitro benzene ring substituents is 1. The number of hydrogen-bond donors (Lipinski definition) is 0. The van der Waals surface area contributed by atoms with Gasteiger partial charge in [-0.15, -0.1) is 0 Å². The van der Waals surface area contributed by atoms with E-state index in [1.165, 1.54) is 24.3 Å². The van der Waals surface area contributed by atoms with E-state index in [9.17, 15) is 14.9 Å². The van der Waals surface area contributed by atoms with Crippen LogP contribution in [0.15, 0.2) is 48.8 Å². The van der Waals surface area contributed by atoms with Crippen molar-refractivity contribution < 1.29 is 14.5 Å². The third-order valence-electron chi connectivity index (χ3n) is 2.75. The lowest BCUT2D eigenvalue weighted by Crippen LogP contribution is -2.09. The molecule has 0 bridgehead atoms. The smallest absolute Gasteiger partial charge is 0.338 e. The number of benzene rings is 1. The molecule has 1 heterocycles. The first-order chi connectivity index (χ1) is 9.58. The van der Waals surface area contributed by atoms with Crippen molar-refractivity contribution in [3.05, 3.63) is 70.0 Å². The van der Waals surface area contributed by atoms with Gasteiger partial charge >= 0.3 is 5.97 Å². The van der Waals surface area contributed by atoms with E-state index >= 15 is 0 Å². The lowest BCUT2D eigenvalue weighted by Gasteiger charge is -2.12. The molecule has 1 aromatic carbocycles. The summed E-state index contributed by atoms with van der Waals surface area (Å²) in [6.45, 7) is 1.74. The Morgan fingerprint density at radius 1 is 1.30 bits per heavy atom. The molecule has 0 fully saturated rings. The third-order valence-corrected chi connectivity index (χ3v) is 2.75. The lowest BCUT2D eigenvalue weighted by atomic mass is 10.2. The topological polar surface area (TPSA) is 82.3 Å². The Hall–Kier alpha value is -2.76. The molecule has 0 amide bonds. The molecule has 0 spiro atoms. The van der Waals surface area contributed by atoms with Gasteiger partial charge in [-0.25, -0.2) is 4.79 Å². The fourth-order valence-electron chi connectivity index (χ4n) is 1.63. The van der Waals surface area contributed by atoms with Crippen LogP contribution in [0.4, 0.5) is 5.69 Å². The highest BCUT2D eigenvalue weighted by atomic mass is 16.6. The van der Waals surface area contributed by atoms with Crippen molar-refractivity contribution in [2.75, 3.05) is 0 Å². The zero-order valence-electron chi connectivity index (χ0n) is 10.7.